The molecule has 0 radical (unpaired) electrons. The molecule has 0 unspecified atom stereocenters. The van der Waals surface area contributed by atoms with Crippen LogP contribution >= 0.6 is 0 Å². The third-order valence-electron chi connectivity index (χ3n) is 2.65. The zero-order valence-corrected chi connectivity index (χ0v) is 15.9. The molecule has 0 bridgehead atoms. The third kappa shape index (κ3) is 14.2. The molecule has 0 aliphatic carbocycles. The molecule has 2 aromatic rings. The van der Waals surface area contributed by atoms with Crippen LogP contribution in [0.2, 0.25) is 0 Å². The van der Waals surface area contributed by atoms with Gasteiger partial charge in [-0.05, 0) is 17.7 Å². The maximum atomic E-state index is 10.9. The first-order valence-electron chi connectivity index (χ1n) is 6.71. The Labute approximate surface area is 174 Å². The Morgan fingerprint density at radius 1 is 0.893 bits per heavy atom. The minimum atomic E-state index is 0. The van der Waals surface area contributed by atoms with Crippen LogP contribution in [0.3, 0.4) is 0 Å². The molecule has 0 aliphatic rings. The van der Waals surface area contributed by atoms with E-state index in [0.717, 1.165) is 16.9 Å². The predicted molar refractivity (Wildman–Crippen MR) is 89.0 cm³/mol. The van der Waals surface area contributed by atoms with Gasteiger partial charge in [-0.2, -0.15) is 0 Å². The van der Waals surface area contributed by atoms with E-state index in [1.165, 1.54) is 0 Å². The van der Waals surface area contributed by atoms with Gasteiger partial charge < -0.3 is 9.47 Å². The van der Waals surface area contributed by atoms with Crippen LogP contribution in [0.4, 0.5) is 0 Å². The molecule has 0 atom stereocenters. The molecular formula is C20H14CrO7. The zero-order valence-electron chi connectivity index (χ0n) is 14.7. The molecule has 0 amide bonds. The first-order chi connectivity index (χ1) is 13.3. The molecule has 2 aromatic carbocycles. The molecule has 0 heterocycles. The molecule has 142 valence electrons. The van der Waals surface area contributed by atoms with Gasteiger partial charge in [-0.3, -0.25) is 0 Å². The van der Waals surface area contributed by atoms with Crippen LogP contribution in [0.25, 0.3) is 5.76 Å². The van der Waals surface area contributed by atoms with Crippen molar-refractivity contribution in [3.05, 3.63) is 92.3 Å². The summed E-state index contributed by atoms with van der Waals surface area (Å²) in [4.78, 5) is 10.9. The van der Waals surface area contributed by atoms with E-state index in [-0.39, 0.29) is 23.1 Å². The van der Waals surface area contributed by atoms with Crippen LogP contribution in [-0.2, 0) is 52.1 Å². The Morgan fingerprint density at radius 3 is 1.89 bits per heavy atom. The van der Waals surface area contributed by atoms with E-state index in [1.807, 2.05) is 60.5 Å². The Kier molecular flexibility index (Phi) is 30.6. The summed E-state index contributed by atoms with van der Waals surface area (Å²) in [7, 11) is 1.61. The van der Waals surface area contributed by atoms with Crippen LogP contribution in [0.5, 0.6) is 5.75 Å². The van der Waals surface area contributed by atoms with Crippen molar-refractivity contribution in [3.63, 3.8) is 0 Å². The second-order valence-electron chi connectivity index (χ2n) is 3.94. The minimum Gasteiger partial charge on any atom is 0 e. The minimum absolute atomic E-state index is 0. The van der Waals surface area contributed by atoms with Gasteiger partial charge in [-0.1, -0.05) is 42.5 Å². The summed E-state index contributed by atoms with van der Waals surface area (Å²) in [5.41, 5.74) is 1.66. The predicted octanol–water partition coefficient (Wildman–Crippen LogP) is 2.93. The van der Waals surface area contributed by atoms with Crippen LogP contribution in [0.15, 0.2) is 54.6 Å². The van der Waals surface area contributed by atoms with Crippen molar-refractivity contribution in [1.29, 1.82) is 0 Å². The van der Waals surface area contributed by atoms with Gasteiger partial charge in [0.25, 0.3) is 0 Å². The van der Waals surface area contributed by atoms with E-state index in [1.54, 1.807) is 7.11 Å². The smallest absolute Gasteiger partial charge is 0 e. The van der Waals surface area contributed by atoms with E-state index in [0.29, 0.717) is 6.61 Å². The monoisotopic (exact) mass is 418 g/mol. The van der Waals surface area contributed by atoms with Gasteiger partial charge in [-0.15, -0.1) is 0 Å². The standard InChI is InChI=1S/C16H14O3.4CO.Cr/c1-18-15-9-5-6-13(10-15)12-19-16(11-17)14-7-3-2-4-8-14;4*1-2;/h2-10H,12H2,1H3;;;;;. The average molecular weight is 418 g/mol. The van der Waals surface area contributed by atoms with Gasteiger partial charge in [0, 0.05) is 22.9 Å². The topological polar surface area (TPSA) is 115 Å². The molecule has 0 aromatic heterocycles. The van der Waals surface area contributed by atoms with Crippen molar-refractivity contribution in [3.8, 4) is 5.75 Å². The Hall–Kier alpha value is -3.02. The number of rotatable bonds is 5. The molecule has 7 nitrogen and oxygen atoms in total. The number of ether oxygens (including phenoxy) is 2. The van der Waals surface area contributed by atoms with Gasteiger partial charge in [0.1, 0.15) is 12.4 Å². The fraction of sp³-hybridized carbons (Fsp3) is 0.100. The first-order valence-corrected chi connectivity index (χ1v) is 6.71. The number of hydrogen-bond donors (Lipinski definition) is 0. The quantitative estimate of drug-likeness (QED) is 0.322. The third-order valence-corrected chi connectivity index (χ3v) is 2.65. The van der Waals surface area contributed by atoms with Crippen molar-refractivity contribution in [2.24, 2.45) is 0 Å². The van der Waals surface area contributed by atoms with E-state index >= 15 is 0 Å². The summed E-state index contributed by atoms with van der Waals surface area (Å²) in [6.45, 7) is 18.3. The molecule has 0 N–H and O–H groups in total. The van der Waals surface area contributed by atoms with Gasteiger partial charge >= 0.3 is 45.2 Å². The summed E-state index contributed by atoms with van der Waals surface area (Å²) in [6.07, 6.45) is 0. The maximum absolute atomic E-state index is 10.9. The van der Waals surface area contributed by atoms with E-state index in [9.17, 15) is 4.79 Å². The van der Waals surface area contributed by atoms with Crippen molar-refractivity contribution in [1.82, 2.24) is 0 Å². The average Bonchev–Trinajstić information content (AvgIpc) is 2.80. The summed E-state index contributed by atoms with van der Waals surface area (Å²) < 4.78 is 40.6. The molecule has 0 saturated carbocycles. The summed E-state index contributed by atoms with van der Waals surface area (Å²) >= 11 is 0. The zero-order chi connectivity index (χ0) is 21.5. The van der Waals surface area contributed by atoms with Crippen molar-refractivity contribution in [2.45, 2.75) is 6.61 Å². The normalized spacial score (nSPS) is 6.75. The van der Waals surface area contributed by atoms with Crippen molar-refractivity contribution >= 4 is 11.7 Å². The van der Waals surface area contributed by atoms with Crippen LogP contribution in [0, 0.1) is 26.6 Å². The van der Waals surface area contributed by atoms with Crippen molar-refractivity contribution < 1.29 is 50.2 Å². The SMILES string of the molecule is COc1cccc(COC(=C=O)c2ccccc2)c1.[C-]#[O+].[C-]#[O+].[C-]#[O+].[C-]#[O+].[Cr]. The Morgan fingerprint density at radius 2 is 1.43 bits per heavy atom. The maximum Gasteiger partial charge on any atom is 0 e. The Bertz CT molecular complexity index is 734. The van der Waals surface area contributed by atoms with Gasteiger partial charge in [0.2, 0.25) is 5.76 Å². The van der Waals surface area contributed by atoms with E-state index in [2.05, 4.69) is 26.6 Å². The van der Waals surface area contributed by atoms with Gasteiger partial charge in [0.05, 0.1) is 7.11 Å². The fourth-order valence-corrected chi connectivity index (χ4v) is 1.68. The van der Waals surface area contributed by atoms with Gasteiger partial charge in [-0.25, -0.2) is 4.79 Å². The molecule has 0 fully saturated rings. The van der Waals surface area contributed by atoms with Crippen LogP contribution in [-0.4, -0.2) is 13.1 Å². The molecule has 2 rings (SSSR count). The molecule has 8 heteroatoms. The molecule has 0 aliphatic heterocycles. The van der Waals surface area contributed by atoms with Crippen LogP contribution < -0.4 is 4.74 Å². The molecule has 28 heavy (non-hydrogen) atoms. The number of carbonyl (C=O) groups excluding carboxylic acids is 1. The second kappa shape index (κ2) is 26.2. The van der Waals surface area contributed by atoms with Crippen molar-refractivity contribution in [2.75, 3.05) is 7.11 Å². The Balaban J connectivity index is -0.000000285. The van der Waals surface area contributed by atoms with Crippen LogP contribution in [0.1, 0.15) is 11.1 Å². The number of hydrogen-bond acceptors (Lipinski definition) is 3. The van der Waals surface area contributed by atoms with Gasteiger partial charge in [0.15, 0.2) is 5.94 Å². The largest absolute Gasteiger partial charge is 0 e. The van der Waals surface area contributed by atoms with E-state index in [4.69, 9.17) is 28.1 Å². The fourth-order valence-electron chi connectivity index (χ4n) is 1.68. The molecule has 0 saturated heterocycles. The second-order valence-corrected chi connectivity index (χ2v) is 3.94. The number of methoxy groups -OCH3 is 1. The number of benzene rings is 2. The molecule has 0 spiro atoms. The summed E-state index contributed by atoms with van der Waals surface area (Å²) in [5.74, 6) is 2.80. The summed E-state index contributed by atoms with van der Waals surface area (Å²) in [5, 5.41) is 0. The first kappa shape index (κ1) is 32.6. The summed E-state index contributed by atoms with van der Waals surface area (Å²) in [6, 6.07) is 16.7. The molecular weight excluding hydrogens is 404 g/mol. The van der Waals surface area contributed by atoms with E-state index < -0.39 is 0 Å².